The lowest BCUT2D eigenvalue weighted by atomic mass is 10.2. The molecule has 0 saturated carbocycles. The first-order valence-corrected chi connectivity index (χ1v) is 6.11. The minimum Gasteiger partial charge on any atom is -0.487 e. The molecule has 2 aromatic rings. The van der Waals surface area contributed by atoms with Crippen LogP contribution in [0.4, 0.5) is 0 Å². The zero-order valence-electron chi connectivity index (χ0n) is 10.5. The Kier molecular flexibility index (Phi) is 4.97. The van der Waals surface area contributed by atoms with Crippen molar-refractivity contribution in [1.29, 1.82) is 0 Å². The Morgan fingerprint density at radius 3 is 2.63 bits per heavy atom. The van der Waals surface area contributed by atoms with E-state index >= 15 is 0 Å². The van der Waals surface area contributed by atoms with Crippen LogP contribution in [0.2, 0.25) is 0 Å². The average Bonchev–Trinajstić information content (AvgIpc) is 2.48. The molecule has 3 nitrogen and oxygen atoms in total. The number of aliphatic hydroxyl groups is 1. The van der Waals surface area contributed by atoms with Crippen molar-refractivity contribution in [2.24, 2.45) is 0 Å². The molecule has 0 aliphatic carbocycles. The van der Waals surface area contributed by atoms with Gasteiger partial charge < -0.3 is 9.84 Å². The van der Waals surface area contributed by atoms with E-state index in [1.54, 1.807) is 6.20 Å². The topological polar surface area (TPSA) is 42.4 Å². The quantitative estimate of drug-likeness (QED) is 0.851. The van der Waals surface area contributed by atoms with Crippen molar-refractivity contribution in [2.75, 3.05) is 6.61 Å². The molecule has 1 heterocycles. The van der Waals surface area contributed by atoms with Crippen LogP contribution in [0.25, 0.3) is 0 Å². The largest absolute Gasteiger partial charge is 0.487 e. The highest BCUT2D eigenvalue weighted by atomic mass is 16.5. The maximum absolute atomic E-state index is 8.64. The molecule has 0 radical (unpaired) electrons. The Morgan fingerprint density at radius 2 is 1.95 bits per heavy atom. The van der Waals surface area contributed by atoms with E-state index in [0.29, 0.717) is 13.0 Å². The Labute approximate surface area is 112 Å². The van der Waals surface area contributed by atoms with Crippen LogP contribution >= 0.6 is 0 Å². The summed E-state index contributed by atoms with van der Waals surface area (Å²) in [5.74, 6) is 6.64. The second-order valence-electron chi connectivity index (χ2n) is 3.91. The van der Waals surface area contributed by atoms with E-state index in [4.69, 9.17) is 9.84 Å². The number of rotatable bonds is 4. The van der Waals surface area contributed by atoms with Crippen molar-refractivity contribution >= 4 is 0 Å². The second-order valence-corrected chi connectivity index (χ2v) is 3.91. The Balaban J connectivity index is 1.91. The molecule has 0 amide bonds. The lowest BCUT2D eigenvalue weighted by Gasteiger charge is -2.05. The van der Waals surface area contributed by atoms with Gasteiger partial charge in [0.05, 0.1) is 12.3 Å². The molecule has 0 bridgehead atoms. The van der Waals surface area contributed by atoms with Gasteiger partial charge in [-0.15, -0.1) is 0 Å². The van der Waals surface area contributed by atoms with E-state index < -0.39 is 0 Å². The zero-order valence-corrected chi connectivity index (χ0v) is 10.5. The fourth-order valence-corrected chi connectivity index (χ4v) is 1.50. The molecule has 19 heavy (non-hydrogen) atoms. The summed E-state index contributed by atoms with van der Waals surface area (Å²) < 4.78 is 5.62. The first-order valence-electron chi connectivity index (χ1n) is 6.11. The Morgan fingerprint density at radius 1 is 1.11 bits per heavy atom. The van der Waals surface area contributed by atoms with Crippen molar-refractivity contribution in [3.63, 3.8) is 0 Å². The maximum Gasteiger partial charge on any atom is 0.130 e. The van der Waals surface area contributed by atoms with E-state index in [-0.39, 0.29) is 6.61 Å². The molecule has 1 N–H and O–H groups in total. The number of hydrogen-bond acceptors (Lipinski definition) is 3. The molecule has 1 aromatic heterocycles. The molecule has 0 atom stereocenters. The first kappa shape index (κ1) is 13.1. The van der Waals surface area contributed by atoms with Crippen LogP contribution < -0.4 is 4.74 Å². The van der Waals surface area contributed by atoms with Gasteiger partial charge in [0, 0.05) is 18.2 Å². The number of aromatic nitrogens is 1. The average molecular weight is 253 g/mol. The third-order valence-electron chi connectivity index (χ3n) is 2.44. The van der Waals surface area contributed by atoms with Crippen LogP contribution in [-0.4, -0.2) is 16.7 Å². The van der Waals surface area contributed by atoms with Crippen LogP contribution in [0.3, 0.4) is 0 Å². The summed E-state index contributed by atoms with van der Waals surface area (Å²) in [4.78, 5) is 4.19. The predicted octanol–water partition coefficient (Wildman–Crippen LogP) is 2.39. The normalized spacial score (nSPS) is 9.53. The first-order chi connectivity index (χ1) is 9.38. The van der Waals surface area contributed by atoms with Gasteiger partial charge in [-0.2, -0.15) is 0 Å². The van der Waals surface area contributed by atoms with Gasteiger partial charge in [-0.1, -0.05) is 17.9 Å². The van der Waals surface area contributed by atoms with Crippen molar-refractivity contribution in [3.8, 4) is 17.6 Å². The lowest BCUT2D eigenvalue weighted by Crippen LogP contribution is -1.97. The predicted molar refractivity (Wildman–Crippen MR) is 73.6 cm³/mol. The van der Waals surface area contributed by atoms with E-state index in [0.717, 1.165) is 17.0 Å². The van der Waals surface area contributed by atoms with Gasteiger partial charge in [0.25, 0.3) is 0 Å². The zero-order chi connectivity index (χ0) is 13.3. The standard InChI is InChI=1S/C16H15NO2/c18-12-4-2-5-14-7-9-16(10-8-14)19-13-15-6-1-3-11-17-15/h1,3,6-11,18H,4,12-13H2. The number of benzene rings is 1. The molecule has 1 aromatic carbocycles. The number of ether oxygens (including phenoxy) is 1. The van der Waals surface area contributed by atoms with Crippen molar-refractivity contribution in [2.45, 2.75) is 13.0 Å². The number of pyridine rings is 1. The molecule has 96 valence electrons. The molecule has 0 aliphatic heterocycles. The van der Waals surface area contributed by atoms with Crippen molar-refractivity contribution < 1.29 is 9.84 Å². The van der Waals surface area contributed by atoms with Gasteiger partial charge >= 0.3 is 0 Å². The van der Waals surface area contributed by atoms with Crippen molar-refractivity contribution in [1.82, 2.24) is 4.98 Å². The summed E-state index contributed by atoms with van der Waals surface area (Å²) in [6.07, 6.45) is 2.25. The van der Waals surface area contributed by atoms with Crippen LogP contribution in [0, 0.1) is 11.8 Å². The maximum atomic E-state index is 8.64. The van der Waals surface area contributed by atoms with Gasteiger partial charge in [0.2, 0.25) is 0 Å². The third-order valence-corrected chi connectivity index (χ3v) is 2.44. The smallest absolute Gasteiger partial charge is 0.130 e. The molecule has 0 spiro atoms. The minimum absolute atomic E-state index is 0.0955. The summed E-state index contributed by atoms with van der Waals surface area (Å²) in [5, 5.41) is 8.64. The van der Waals surface area contributed by atoms with E-state index in [9.17, 15) is 0 Å². The van der Waals surface area contributed by atoms with Gasteiger partial charge in [-0.05, 0) is 36.4 Å². The number of hydrogen-bond donors (Lipinski definition) is 1. The lowest BCUT2D eigenvalue weighted by molar-refractivity contribution is 0.301. The van der Waals surface area contributed by atoms with E-state index in [1.165, 1.54) is 0 Å². The summed E-state index contributed by atoms with van der Waals surface area (Å²) >= 11 is 0. The molecule has 0 saturated heterocycles. The van der Waals surface area contributed by atoms with Crippen LogP contribution in [0.1, 0.15) is 17.7 Å². The molecule has 0 aliphatic rings. The SMILES string of the molecule is OCCC#Cc1ccc(OCc2ccccn2)cc1. The monoisotopic (exact) mass is 253 g/mol. The molecule has 0 fully saturated rings. The van der Waals surface area contributed by atoms with Crippen LogP contribution in [0.5, 0.6) is 5.75 Å². The number of aliphatic hydroxyl groups excluding tert-OH is 1. The highest BCUT2D eigenvalue weighted by Crippen LogP contribution is 2.13. The summed E-state index contributed by atoms with van der Waals surface area (Å²) in [6.45, 7) is 0.550. The molecule has 2 rings (SSSR count). The number of nitrogens with zero attached hydrogens (tertiary/aromatic N) is 1. The highest BCUT2D eigenvalue weighted by Gasteiger charge is 1.96. The van der Waals surface area contributed by atoms with Crippen LogP contribution in [0.15, 0.2) is 48.7 Å². The van der Waals surface area contributed by atoms with Gasteiger partial charge in [-0.3, -0.25) is 4.98 Å². The van der Waals surface area contributed by atoms with Crippen LogP contribution in [-0.2, 0) is 6.61 Å². The highest BCUT2D eigenvalue weighted by molar-refractivity contribution is 5.38. The summed E-state index contributed by atoms with van der Waals surface area (Å²) in [7, 11) is 0. The second kappa shape index (κ2) is 7.20. The fourth-order valence-electron chi connectivity index (χ4n) is 1.50. The summed E-state index contributed by atoms with van der Waals surface area (Å²) in [5.41, 5.74) is 1.81. The Hall–Kier alpha value is -2.31. The Bertz CT molecular complexity index is 553. The third kappa shape index (κ3) is 4.46. The van der Waals surface area contributed by atoms with E-state index in [1.807, 2.05) is 42.5 Å². The minimum atomic E-state index is 0.0955. The van der Waals surface area contributed by atoms with Gasteiger partial charge in [0.15, 0.2) is 0 Å². The van der Waals surface area contributed by atoms with Gasteiger partial charge in [0.1, 0.15) is 12.4 Å². The molecule has 0 unspecified atom stereocenters. The molecular weight excluding hydrogens is 238 g/mol. The molecular formula is C16H15NO2. The summed E-state index contributed by atoms with van der Waals surface area (Å²) in [6, 6.07) is 13.3. The van der Waals surface area contributed by atoms with Gasteiger partial charge in [-0.25, -0.2) is 0 Å². The fraction of sp³-hybridized carbons (Fsp3) is 0.188. The van der Waals surface area contributed by atoms with E-state index in [2.05, 4.69) is 16.8 Å². The van der Waals surface area contributed by atoms with Crippen molar-refractivity contribution in [3.05, 3.63) is 59.9 Å². The molecule has 3 heteroatoms.